The van der Waals surface area contributed by atoms with Crippen LogP contribution in [-0.2, 0) is 22.6 Å². The third-order valence-corrected chi connectivity index (χ3v) is 5.92. The first-order valence-corrected chi connectivity index (χ1v) is 11.0. The summed E-state index contributed by atoms with van der Waals surface area (Å²) in [5.41, 5.74) is 5.56. The minimum Gasteiger partial charge on any atom is -0.352 e. The maximum Gasteiger partial charge on any atom is 0.243 e. The van der Waals surface area contributed by atoms with Crippen molar-refractivity contribution in [3.63, 3.8) is 0 Å². The van der Waals surface area contributed by atoms with Crippen LogP contribution in [0.3, 0.4) is 0 Å². The van der Waals surface area contributed by atoms with E-state index in [0.29, 0.717) is 19.4 Å². The summed E-state index contributed by atoms with van der Waals surface area (Å²) in [6.07, 6.45) is 1.73. The fourth-order valence-electron chi connectivity index (χ4n) is 3.52. The first kappa shape index (κ1) is 23.7. The summed E-state index contributed by atoms with van der Waals surface area (Å²) in [6.45, 7) is 12.6. The summed E-state index contributed by atoms with van der Waals surface area (Å²) in [6, 6.07) is 13.8. The van der Waals surface area contributed by atoms with E-state index in [1.54, 1.807) is 4.90 Å². The number of carbonyl (C=O) groups is 2. The van der Waals surface area contributed by atoms with E-state index in [2.05, 4.69) is 31.3 Å². The van der Waals surface area contributed by atoms with Crippen molar-refractivity contribution in [2.45, 2.75) is 79.4 Å². The van der Waals surface area contributed by atoms with Crippen molar-refractivity contribution in [1.82, 2.24) is 10.2 Å². The number of carbonyl (C=O) groups excluding carboxylic acids is 2. The highest BCUT2D eigenvalue weighted by Crippen LogP contribution is 2.18. The molecule has 2 unspecified atom stereocenters. The quantitative estimate of drug-likeness (QED) is 0.643. The smallest absolute Gasteiger partial charge is 0.243 e. The van der Waals surface area contributed by atoms with Gasteiger partial charge in [0.2, 0.25) is 11.8 Å². The molecule has 0 aliphatic carbocycles. The molecule has 30 heavy (non-hydrogen) atoms. The third-order valence-electron chi connectivity index (χ3n) is 5.92. The van der Waals surface area contributed by atoms with E-state index >= 15 is 0 Å². The molecule has 0 spiro atoms. The largest absolute Gasteiger partial charge is 0.352 e. The molecule has 4 heteroatoms. The number of rotatable bonds is 9. The minimum absolute atomic E-state index is 0.0207. The van der Waals surface area contributed by atoms with E-state index in [1.165, 1.54) is 11.1 Å². The Morgan fingerprint density at radius 2 is 1.63 bits per heavy atom. The lowest BCUT2D eigenvalue weighted by molar-refractivity contribution is -0.141. The van der Waals surface area contributed by atoms with Crippen LogP contribution in [-0.4, -0.2) is 28.8 Å². The molecule has 2 atom stereocenters. The Labute approximate surface area is 181 Å². The average molecular weight is 409 g/mol. The van der Waals surface area contributed by atoms with Crippen molar-refractivity contribution < 1.29 is 9.59 Å². The number of nitrogens with zero attached hydrogens (tertiary/aromatic N) is 1. The standard InChI is InChI=1S/C26H36N2O2/c1-7-21(6)27-26(30)24(8-2)28(17-23-12-10-9-11-19(23)4)25(29)16-22-14-13-18(3)20(5)15-22/h9-15,21,24H,7-8,16-17H2,1-6H3,(H,27,30). The number of benzene rings is 2. The Bertz CT molecular complexity index is 875. The van der Waals surface area contributed by atoms with Gasteiger partial charge in [0.15, 0.2) is 0 Å². The van der Waals surface area contributed by atoms with Gasteiger partial charge in [0.1, 0.15) is 6.04 Å². The molecule has 4 nitrogen and oxygen atoms in total. The zero-order chi connectivity index (χ0) is 22.3. The molecule has 162 valence electrons. The van der Waals surface area contributed by atoms with Crippen LogP contribution in [0.5, 0.6) is 0 Å². The van der Waals surface area contributed by atoms with E-state index < -0.39 is 6.04 Å². The molecule has 0 bridgehead atoms. The topological polar surface area (TPSA) is 49.4 Å². The highest BCUT2D eigenvalue weighted by molar-refractivity contribution is 5.88. The summed E-state index contributed by atoms with van der Waals surface area (Å²) in [5, 5.41) is 3.06. The molecule has 0 aromatic heterocycles. The van der Waals surface area contributed by atoms with Crippen LogP contribution < -0.4 is 5.32 Å². The van der Waals surface area contributed by atoms with Crippen LogP contribution in [0.2, 0.25) is 0 Å². The molecule has 2 amide bonds. The number of hydrogen-bond acceptors (Lipinski definition) is 2. The van der Waals surface area contributed by atoms with Gasteiger partial charge >= 0.3 is 0 Å². The van der Waals surface area contributed by atoms with Crippen LogP contribution in [0, 0.1) is 20.8 Å². The molecule has 0 radical (unpaired) electrons. The molecule has 2 aromatic carbocycles. The predicted octanol–water partition coefficient (Wildman–Crippen LogP) is 4.88. The number of amides is 2. The first-order valence-electron chi connectivity index (χ1n) is 11.0. The van der Waals surface area contributed by atoms with Gasteiger partial charge in [-0.2, -0.15) is 0 Å². The van der Waals surface area contributed by atoms with Gasteiger partial charge in [0, 0.05) is 12.6 Å². The predicted molar refractivity (Wildman–Crippen MR) is 123 cm³/mol. The maximum absolute atomic E-state index is 13.4. The molecular weight excluding hydrogens is 372 g/mol. The van der Waals surface area contributed by atoms with Crippen LogP contribution in [0.15, 0.2) is 42.5 Å². The van der Waals surface area contributed by atoms with Gasteiger partial charge in [0.05, 0.1) is 6.42 Å². The molecule has 0 saturated heterocycles. The fraction of sp³-hybridized carbons (Fsp3) is 0.462. The second-order valence-electron chi connectivity index (χ2n) is 8.29. The fourth-order valence-corrected chi connectivity index (χ4v) is 3.52. The normalized spacial score (nSPS) is 12.9. The SMILES string of the molecule is CCC(C)NC(=O)C(CC)N(Cc1ccccc1C)C(=O)Cc1ccc(C)c(C)c1. The third kappa shape index (κ3) is 6.19. The Hall–Kier alpha value is -2.62. The summed E-state index contributed by atoms with van der Waals surface area (Å²) < 4.78 is 0. The first-order chi connectivity index (χ1) is 14.3. The van der Waals surface area contributed by atoms with Gasteiger partial charge < -0.3 is 10.2 Å². The van der Waals surface area contributed by atoms with Crippen LogP contribution in [0.25, 0.3) is 0 Å². The van der Waals surface area contributed by atoms with Crippen LogP contribution in [0.4, 0.5) is 0 Å². The summed E-state index contributed by atoms with van der Waals surface area (Å²) in [7, 11) is 0. The minimum atomic E-state index is -0.488. The van der Waals surface area contributed by atoms with E-state index in [0.717, 1.165) is 23.1 Å². The van der Waals surface area contributed by atoms with E-state index in [-0.39, 0.29) is 17.9 Å². The number of aryl methyl sites for hydroxylation is 3. The molecule has 2 rings (SSSR count). The number of hydrogen-bond donors (Lipinski definition) is 1. The Morgan fingerprint density at radius 1 is 0.933 bits per heavy atom. The lowest BCUT2D eigenvalue weighted by Gasteiger charge is -2.32. The van der Waals surface area contributed by atoms with E-state index in [4.69, 9.17) is 0 Å². The van der Waals surface area contributed by atoms with Crippen molar-refractivity contribution >= 4 is 11.8 Å². The highest BCUT2D eigenvalue weighted by Gasteiger charge is 2.29. The van der Waals surface area contributed by atoms with Crippen molar-refractivity contribution in [1.29, 1.82) is 0 Å². The van der Waals surface area contributed by atoms with Crippen molar-refractivity contribution in [3.8, 4) is 0 Å². The van der Waals surface area contributed by atoms with Crippen molar-refractivity contribution in [2.75, 3.05) is 0 Å². The van der Waals surface area contributed by atoms with Crippen molar-refractivity contribution in [3.05, 3.63) is 70.3 Å². The lowest BCUT2D eigenvalue weighted by Crippen LogP contribution is -2.51. The molecule has 0 aliphatic rings. The molecule has 2 aromatic rings. The Kier molecular flexibility index (Phi) is 8.64. The van der Waals surface area contributed by atoms with E-state index in [9.17, 15) is 9.59 Å². The van der Waals surface area contributed by atoms with Gasteiger partial charge in [-0.25, -0.2) is 0 Å². The Balaban J connectivity index is 2.33. The summed E-state index contributed by atoms with van der Waals surface area (Å²) in [5.74, 6) is -0.0958. The zero-order valence-corrected chi connectivity index (χ0v) is 19.3. The second kappa shape index (κ2) is 11.0. The van der Waals surface area contributed by atoms with Gasteiger partial charge in [0.25, 0.3) is 0 Å². The van der Waals surface area contributed by atoms with Gasteiger partial charge in [-0.1, -0.05) is 56.3 Å². The number of nitrogens with one attached hydrogen (secondary N) is 1. The van der Waals surface area contributed by atoms with E-state index in [1.807, 2.05) is 58.0 Å². The zero-order valence-electron chi connectivity index (χ0n) is 19.3. The highest BCUT2D eigenvalue weighted by atomic mass is 16.2. The van der Waals surface area contributed by atoms with Gasteiger partial charge in [-0.05, 0) is 68.4 Å². The molecule has 0 fully saturated rings. The molecular formula is C26H36N2O2. The van der Waals surface area contributed by atoms with Crippen LogP contribution >= 0.6 is 0 Å². The lowest BCUT2D eigenvalue weighted by atomic mass is 10.0. The Morgan fingerprint density at radius 3 is 2.23 bits per heavy atom. The molecule has 1 N–H and O–H groups in total. The average Bonchev–Trinajstić information content (AvgIpc) is 2.71. The monoisotopic (exact) mass is 408 g/mol. The molecule has 0 heterocycles. The maximum atomic E-state index is 13.4. The summed E-state index contributed by atoms with van der Waals surface area (Å²) >= 11 is 0. The summed E-state index contributed by atoms with van der Waals surface area (Å²) in [4.78, 5) is 28.2. The van der Waals surface area contributed by atoms with Crippen molar-refractivity contribution in [2.24, 2.45) is 0 Å². The molecule has 0 aliphatic heterocycles. The molecule has 0 saturated carbocycles. The van der Waals surface area contributed by atoms with Gasteiger partial charge in [-0.15, -0.1) is 0 Å². The second-order valence-corrected chi connectivity index (χ2v) is 8.29. The van der Waals surface area contributed by atoms with Crippen LogP contribution in [0.1, 0.15) is 61.4 Å². The van der Waals surface area contributed by atoms with Gasteiger partial charge in [-0.3, -0.25) is 9.59 Å².